The van der Waals surface area contributed by atoms with Crippen LogP contribution in [0.2, 0.25) is 5.28 Å². The average molecular weight is 260 g/mol. The number of hydrogen-bond donors (Lipinski definition) is 2. The Labute approximate surface area is 106 Å². The molecule has 0 fully saturated rings. The maximum atomic E-state index is 5.64. The summed E-state index contributed by atoms with van der Waals surface area (Å²) in [6.07, 6.45) is 3.14. The standard InChI is InChI=1S/C10H18ClN5O/c1-2-3-6-17-7-4-5-13-10-15-8(11)14-9(12)16-10/h2-7H2,1H3,(H3,12,13,14,15,16). The zero-order valence-electron chi connectivity index (χ0n) is 9.95. The highest BCUT2D eigenvalue weighted by Crippen LogP contribution is 2.06. The number of unbranched alkanes of at least 4 members (excludes halogenated alkanes) is 1. The molecule has 0 saturated carbocycles. The summed E-state index contributed by atoms with van der Waals surface area (Å²) in [5, 5.41) is 3.11. The van der Waals surface area contributed by atoms with Gasteiger partial charge < -0.3 is 15.8 Å². The topological polar surface area (TPSA) is 86.0 Å². The van der Waals surface area contributed by atoms with Gasteiger partial charge in [-0.15, -0.1) is 0 Å². The predicted molar refractivity (Wildman–Crippen MR) is 68.1 cm³/mol. The second-order valence-electron chi connectivity index (χ2n) is 3.53. The number of nitrogens with one attached hydrogen (secondary N) is 1. The molecule has 0 bridgehead atoms. The fourth-order valence-corrected chi connectivity index (χ4v) is 1.33. The molecule has 0 atom stereocenters. The van der Waals surface area contributed by atoms with E-state index in [1.165, 1.54) is 0 Å². The minimum atomic E-state index is 0.0965. The maximum absolute atomic E-state index is 5.64. The molecule has 3 N–H and O–H groups in total. The van der Waals surface area contributed by atoms with Gasteiger partial charge in [0.15, 0.2) is 0 Å². The Balaban J connectivity index is 2.13. The van der Waals surface area contributed by atoms with Crippen LogP contribution in [0, 0.1) is 0 Å². The molecule has 1 heterocycles. The number of hydrogen-bond acceptors (Lipinski definition) is 6. The van der Waals surface area contributed by atoms with Crippen LogP contribution in [0.4, 0.5) is 11.9 Å². The molecule has 0 aromatic carbocycles. The summed E-state index contributed by atoms with van der Waals surface area (Å²) in [4.78, 5) is 11.5. The van der Waals surface area contributed by atoms with Crippen LogP contribution in [-0.2, 0) is 4.74 Å². The van der Waals surface area contributed by atoms with Crippen LogP contribution < -0.4 is 11.1 Å². The van der Waals surface area contributed by atoms with Crippen LogP contribution >= 0.6 is 11.6 Å². The summed E-state index contributed by atoms with van der Waals surface area (Å²) in [5.41, 5.74) is 5.43. The molecule has 7 heteroatoms. The molecule has 0 amide bonds. The van der Waals surface area contributed by atoms with Crippen molar-refractivity contribution in [3.05, 3.63) is 5.28 Å². The molecule has 0 aliphatic carbocycles. The molecule has 1 aromatic rings. The summed E-state index contributed by atoms with van der Waals surface area (Å²) < 4.78 is 5.42. The van der Waals surface area contributed by atoms with Crippen molar-refractivity contribution in [3.63, 3.8) is 0 Å². The van der Waals surface area contributed by atoms with E-state index in [4.69, 9.17) is 22.1 Å². The fraction of sp³-hybridized carbons (Fsp3) is 0.700. The van der Waals surface area contributed by atoms with Crippen molar-refractivity contribution in [1.82, 2.24) is 15.0 Å². The number of halogens is 1. The summed E-state index contributed by atoms with van der Waals surface area (Å²) in [7, 11) is 0. The number of aromatic nitrogens is 3. The second-order valence-corrected chi connectivity index (χ2v) is 3.87. The van der Waals surface area contributed by atoms with Gasteiger partial charge in [-0.1, -0.05) is 13.3 Å². The van der Waals surface area contributed by atoms with Gasteiger partial charge in [0.05, 0.1) is 0 Å². The Morgan fingerprint density at radius 1 is 1.24 bits per heavy atom. The van der Waals surface area contributed by atoms with E-state index >= 15 is 0 Å². The van der Waals surface area contributed by atoms with E-state index in [9.17, 15) is 0 Å². The van der Waals surface area contributed by atoms with Crippen molar-refractivity contribution < 1.29 is 4.74 Å². The Morgan fingerprint density at radius 2 is 2.00 bits per heavy atom. The lowest BCUT2D eigenvalue weighted by molar-refractivity contribution is 0.131. The number of nitrogen functional groups attached to an aromatic ring is 1. The third kappa shape index (κ3) is 6.23. The van der Waals surface area contributed by atoms with Crippen LogP contribution in [0.5, 0.6) is 0 Å². The summed E-state index contributed by atoms with van der Waals surface area (Å²) in [5.74, 6) is 0.516. The quantitative estimate of drug-likeness (QED) is 0.692. The first-order valence-electron chi connectivity index (χ1n) is 5.71. The molecule has 1 rings (SSSR count). The van der Waals surface area contributed by atoms with Crippen LogP contribution in [-0.4, -0.2) is 34.7 Å². The number of rotatable bonds is 8. The first kappa shape index (κ1) is 13.9. The lowest BCUT2D eigenvalue weighted by Gasteiger charge is -2.05. The SMILES string of the molecule is CCCCOCCCNc1nc(N)nc(Cl)n1. The maximum Gasteiger partial charge on any atom is 0.228 e. The van der Waals surface area contributed by atoms with Gasteiger partial charge in [0.2, 0.25) is 17.2 Å². The highest BCUT2D eigenvalue weighted by Gasteiger charge is 2.00. The Kier molecular flexibility index (Phi) is 6.57. The van der Waals surface area contributed by atoms with E-state index in [1.54, 1.807) is 0 Å². The smallest absolute Gasteiger partial charge is 0.228 e. The van der Waals surface area contributed by atoms with Crippen LogP contribution in [0.3, 0.4) is 0 Å². The normalized spacial score (nSPS) is 10.5. The number of ether oxygens (including phenoxy) is 1. The molecule has 0 radical (unpaired) electrons. The molecule has 0 unspecified atom stereocenters. The zero-order valence-corrected chi connectivity index (χ0v) is 10.7. The summed E-state index contributed by atoms with van der Waals surface area (Å²) >= 11 is 5.64. The summed E-state index contributed by atoms with van der Waals surface area (Å²) in [6, 6.07) is 0. The first-order chi connectivity index (χ1) is 8.22. The van der Waals surface area contributed by atoms with E-state index in [2.05, 4.69) is 27.2 Å². The van der Waals surface area contributed by atoms with Gasteiger partial charge >= 0.3 is 0 Å². The number of nitrogens with zero attached hydrogens (tertiary/aromatic N) is 3. The third-order valence-corrected chi connectivity index (χ3v) is 2.19. The third-order valence-electron chi connectivity index (χ3n) is 2.02. The molecule has 0 aliphatic heterocycles. The average Bonchev–Trinajstić information content (AvgIpc) is 2.26. The minimum Gasteiger partial charge on any atom is -0.381 e. The molecule has 1 aromatic heterocycles. The molecule has 0 spiro atoms. The fourth-order valence-electron chi connectivity index (χ4n) is 1.17. The van der Waals surface area contributed by atoms with Crippen LogP contribution in [0.25, 0.3) is 0 Å². The van der Waals surface area contributed by atoms with Gasteiger partial charge in [0, 0.05) is 19.8 Å². The van der Waals surface area contributed by atoms with Crippen LogP contribution in [0.1, 0.15) is 26.2 Å². The molecule has 17 heavy (non-hydrogen) atoms. The van der Waals surface area contributed by atoms with E-state index in [0.29, 0.717) is 12.5 Å². The van der Waals surface area contributed by atoms with Gasteiger partial charge in [0.25, 0.3) is 0 Å². The number of nitrogens with two attached hydrogens (primary N) is 1. The number of anilines is 2. The first-order valence-corrected chi connectivity index (χ1v) is 6.09. The van der Waals surface area contributed by atoms with Crippen molar-refractivity contribution in [2.75, 3.05) is 30.8 Å². The zero-order chi connectivity index (χ0) is 12.5. The van der Waals surface area contributed by atoms with Gasteiger partial charge in [-0.2, -0.15) is 15.0 Å². The largest absolute Gasteiger partial charge is 0.381 e. The van der Waals surface area contributed by atoms with E-state index in [-0.39, 0.29) is 11.2 Å². The molecular weight excluding hydrogens is 242 g/mol. The van der Waals surface area contributed by atoms with Gasteiger partial charge in [-0.25, -0.2) is 0 Å². The molecule has 6 nitrogen and oxygen atoms in total. The van der Waals surface area contributed by atoms with Crippen molar-refractivity contribution in [3.8, 4) is 0 Å². The van der Waals surface area contributed by atoms with E-state index in [1.807, 2.05) is 0 Å². The lowest BCUT2D eigenvalue weighted by atomic mass is 10.4. The van der Waals surface area contributed by atoms with Gasteiger partial charge in [0.1, 0.15) is 0 Å². The summed E-state index contributed by atoms with van der Waals surface area (Å²) in [6.45, 7) is 4.40. The van der Waals surface area contributed by atoms with Gasteiger partial charge in [-0.3, -0.25) is 0 Å². The minimum absolute atomic E-state index is 0.0965. The molecule has 96 valence electrons. The van der Waals surface area contributed by atoms with E-state index in [0.717, 1.165) is 32.5 Å². The van der Waals surface area contributed by atoms with Crippen molar-refractivity contribution in [2.24, 2.45) is 0 Å². The Hall–Kier alpha value is -1.14. The van der Waals surface area contributed by atoms with Crippen LogP contribution in [0.15, 0.2) is 0 Å². The molecular formula is C10H18ClN5O. The Morgan fingerprint density at radius 3 is 2.71 bits per heavy atom. The van der Waals surface area contributed by atoms with Crippen molar-refractivity contribution in [2.45, 2.75) is 26.2 Å². The molecule has 0 aliphatic rings. The van der Waals surface area contributed by atoms with Crippen molar-refractivity contribution in [1.29, 1.82) is 0 Å². The van der Waals surface area contributed by atoms with E-state index < -0.39 is 0 Å². The predicted octanol–water partition coefficient (Wildman–Crippen LogP) is 1.73. The highest BCUT2D eigenvalue weighted by molar-refractivity contribution is 6.28. The molecule has 0 saturated heterocycles. The lowest BCUT2D eigenvalue weighted by Crippen LogP contribution is -2.10. The second kappa shape index (κ2) is 8.03. The van der Waals surface area contributed by atoms with Crippen molar-refractivity contribution >= 4 is 23.5 Å². The Bertz CT molecular complexity index is 316. The van der Waals surface area contributed by atoms with Gasteiger partial charge in [-0.05, 0) is 24.4 Å². The monoisotopic (exact) mass is 259 g/mol. The highest BCUT2D eigenvalue weighted by atomic mass is 35.5.